The van der Waals surface area contributed by atoms with E-state index >= 15 is 0 Å². The van der Waals surface area contributed by atoms with Gasteiger partial charge in [0, 0.05) is 13.1 Å². The third-order valence-corrected chi connectivity index (χ3v) is 5.77. The van der Waals surface area contributed by atoms with Crippen LogP contribution in [0, 0.1) is 0 Å². The number of rotatable bonds is 9. The van der Waals surface area contributed by atoms with Crippen molar-refractivity contribution in [1.29, 1.82) is 0 Å². The molecule has 31 heavy (non-hydrogen) atoms. The van der Waals surface area contributed by atoms with Gasteiger partial charge < -0.3 is 15.0 Å². The number of benzene rings is 2. The van der Waals surface area contributed by atoms with E-state index in [1.165, 1.54) is 5.56 Å². The molecule has 2 amide bonds. The standard InChI is InChI=1S/C25H33BrN2O3/c1-6-27-24(30)18(2)28(15-14-19-10-8-7-9-11-19)23(29)17-31-22-13-12-20(16-21(22)26)25(3,4)5/h7-13,16,18H,6,14-15,17H2,1-5H3,(H,27,30)/t18-/m0/s1. The third-order valence-electron chi connectivity index (χ3n) is 5.15. The number of amides is 2. The summed E-state index contributed by atoms with van der Waals surface area (Å²) in [6.45, 7) is 10.9. The smallest absolute Gasteiger partial charge is 0.261 e. The number of halogens is 1. The van der Waals surface area contributed by atoms with Gasteiger partial charge >= 0.3 is 0 Å². The van der Waals surface area contributed by atoms with Crippen LogP contribution in [-0.2, 0) is 21.4 Å². The largest absolute Gasteiger partial charge is 0.483 e. The molecule has 0 aliphatic rings. The summed E-state index contributed by atoms with van der Waals surface area (Å²) in [6, 6.07) is 15.3. The molecule has 0 radical (unpaired) electrons. The van der Waals surface area contributed by atoms with Gasteiger partial charge in [0.2, 0.25) is 5.91 Å². The van der Waals surface area contributed by atoms with Crippen molar-refractivity contribution < 1.29 is 14.3 Å². The molecule has 1 N–H and O–H groups in total. The van der Waals surface area contributed by atoms with E-state index in [0.717, 1.165) is 10.0 Å². The van der Waals surface area contributed by atoms with Gasteiger partial charge in [-0.15, -0.1) is 0 Å². The minimum Gasteiger partial charge on any atom is -0.483 e. The van der Waals surface area contributed by atoms with Gasteiger partial charge in [0.05, 0.1) is 4.47 Å². The van der Waals surface area contributed by atoms with E-state index in [9.17, 15) is 9.59 Å². The lowest BCUT2D eigenvalue weighted by Gasteiger charge is -2.28. The van der Waals surface area contributed by atoms with Crippen LogP contribution in [-0.4, -0.2) is 42.5 Å². The zero-order chi connectivity index (χ0) is 23.0. The van der Waals surface area contributed by atoms with Crippen molar-refractivity contribution in [2.75, 3.05) is 19.7 Å². The van der Waals surface area contributed by atoms with Crippen molar-refractivity contribution in [1.82, 2.24) is 10.2 Å². The second kappa shape index (κ2) is 11.3. The highest BCUT2D eigenvalue weighted by Gasteiger charge is 2.26. The van der Waals surface area contributed by atoms with Gasteiger partial charge in [-0.05, 0) is 64.9 Å². The molecule has 0 spiro atoms. The summed E-state index contributed by atoms with van der Waals surface area (Å²) in [7, 11) is 0. The van der Waals surface area contributed by atoms with Crippen molar-refractivity contribution >= 4 is 27.7 Å². The molecule has 5 nitrogen and oxygen atoms in total. The van der Waals surface area contributed by atoms with E-state index in [-0.39, 0.29) is 23.8 Å². The molecular formula is C25H33BrN2O3. The summed E-state index contributed by atoms with van der Waals surface area (Å²) >= 11 is 3.55. The minimum absolute atomic E-state index is 0.0210. The Balaban J connectivity index is 2.10. The molecule has 0 aliphatic heterocycles. The van der Waals surface area contributed by atoms with E-state index < -0.39 is 6.04 Å². The van der Waals surface area contributed by atoms with Gasteiger partial charge in [0.25, 0.3) is 5.91 Å². The normalized spacial score (nSPS) is 12.2. The zero-order valence-electron chi connectivity index (χ0n) is 19.1. The molecule has 0 aromatic heterocycles. The summed E-state index contributed by atoms with van der Waals surface area (Å²) in [5, 5.41) is 2.80. The van der Waals surface area contributed by atoms with Crippen LogP contribution in [0.4, 0.5) is 0 Å². The first-order chi connectivity index (χ1) is 14.6. The highest BCUT2D eigenvalue weighted by Crippen LogP contribution is 2.31. The summed E-state index contributed by atoms with van der Waals surface area (Å²) in [5.41, 5.74) is 2.31. The molecule has 0 aliphatic carbocycles. The second-order valence-corrected chi connectivity index (χ2v) is 9.43. The lowest BCUT2D eigenvalue weighted by molar-refractivity contribution is -0.141. The van der Waals surface area contributed by atoms with Crippen molar-refractivity contribution in [3.8, 4) is 5.75 Å². The van der Waals surface area contributed by atoms with Gasteiger partial charge in [-0.25, -0.2) is 0 Å². The van der Waals surface area contributed by atoms with Crippen LogP contribution >= 0.6 is 15.9 Å². The maximum atomic E-state index is 13.0. The first-order valence-electron chi connectivity index (χ1n) is 10.7. The number of nitrogens with zero attached hydrogens (tertiary/aromatic N) is 1. The van der Waals surface area contributed by atoms with Crippen molar-refractivity contribution in [3.63, 3.8) is 0 Å². The molecule has 0 fully saturated rings. The predicted molar refractivity (Wildman–Crippen MR) is 128 cm³/mol. The van der Waals surface area contributed by atoms with E-state index in [2.05, 4.69) is 42.0 Å². The number of nitrogens with one attached hydrogen (secondary N) is 1. The molecule has 0 heterocycles. The molecule has 1 atom stereocenters. The number of hydrogen-bond acceptors (Lipinski definition) is 3. The molecule has 6 heteroatoms. The van der Waals surface area contributed by atoms with Crippen LogP contribution in [0.2, 0.25) is 0 Å². The number of carbonyl (C=O) groups excluding carboxylic acids is 2. The van der Waals surface area contributed by atoms with Crippen LogP contribution in [0.15, 0.2) is 53.0 Å². The highest BCUT2D eigenvalue weighted by atomic mass is 79.9. The first kappa shape index (κ1) is 24.9. The number of ether oxygens (including phenoxy) is 1. The SMILES string of the molecule is CCNC(=O)[C@H](C)N(CCc1ccccc1)C(=O)COc1ccc(C(C)(C)C)cc1Br. The van der Waals surface area contributed by atoms with E-state index in [0.29, 0.717) is 25.3 Å². The quantitative estimate of drug-likeness (QED) is 0.555. The van der Waals surface area contributed by atoms with Crippen LogP contribution in [0.3, 0.4) is 0 Å². The van der Waals surface area contributed by atoms with Gasteiger partial charge in [-0.2, -0.15) is 0 Å². The highest BCUT2D eigenvalue weighted by molar-refractivity contribution is 9.10. The summed E-state index contributed by atoms with van der Waals surface area (Å²) in [6.07, 6.45) is 0.667. The molecule has 2 rings (SSSR count). The molecule has 168 valence electrons. The lowest BCUT2D eigenvalue weighted by Crippen LogP contribution is -2.50. The molecule has 2 aromatic carbocycles. The van der Waals surface area contributed by atoms with Gasteiger partial charge in [-0.3, -0.25) is 9.59 Å². The zero-order valence-corrected chi connectivity index (χ0v) is 20.7. The van der Waals surface area contributed by atoms with Gasteiger partial charge in [-0.1, -0.05) is 57.2 Å². The second-order valence-electron chi connectivity index (χ2n) is 8.58. The average molecular weight is 489 g/mol. The van der Waals surface area contributed by atoms with Crippen molar-refractivity contribution in [2.45, 2.75) is 52.5 Å². The Morgan fingerprint density at radius 2 is 1.81 bits per heavy atom. The Kier molecular flexibility index (Phi) is 9.11. The number of hydrogen-bond donors (Lipinski definition) is 1. The van der Waals surface area contributed by atoms with Crippen molar-refractivity contribution in [2.24, 2.45) is 0 Å². The van der Waals surface area contributed by atoms with Crippen molar-refractivity contribution in [3.05, 3.63) is 64.1 Å². The van der Waals surface area contributed by atoms with Crippen LogP contribution < -0.4 is 10.1 Å². The molecule has 2 aromatic rings. The Labute approximate surface area is 194 Å². The summed E-state index contributed by atoms with van der Waals surface area (Å²) in [5.74, 6) is 0.219. The topological polar surface area (TPSA) is 58.6 Å². The number of likely N-dealkylation sites (N-methyl/N-ethyl adjacent to an activating group) is 1. The Bertz CT molecular complexity index is 878. The van der Waals surface area contributed by atoms with Gasteiger partial charge in [0.15, 0.2) is 6.61 Å². The molecule has 0 unspecified atom stereocenters. The first-order valence-corrected chi connectivity index (χ1v) is 11.5. The van der Waals surface area contributed by atoms with Crippen LogP contribution in [0.1, 0.15) is 45.7 Å². The lowest BCUT2D eigenvalue weighted by atomic mass is 9.87. The van der Waals surface area contributed by atoms with Gasteiger partial charge in [0.1, 0.15) is 11.8 Å². The number of carbonyl (C=O) groups is 2. The maximum Gasteiger partial charge on any atom is 0.261 e. The summed E-state index contributed by atoms with van der Waals surface area (Å²) in [4.78, 5) is 27.0. The third kappa shape index (κ3) is 7.39. The molecule has 0 saturated heterocycles. The summed E-state index contributed by atoms with van der Waals surface area (Å²) < 4.78 is 6.63. The predicted octanol–water partition coefficient (Wildman–Crippen LogP) is 4.72. The van der Waals surface area contributed by atoms with Crippen LogP contribution in [0.25, 0.3) is 0 Å². The fourth-order valence-electron chi connectivity index (χ4n) is 3.20. The minimum atomic E-state index is -0.577. The fourth-order valence-corrected chi connectivity index (χ4v) is 3.69. The van der Waals surface area contributed by atoms with E-state index in [4.69, 9.17) is 4.74 Å². The maximum absolute atomic E-state index is 13.0. The van der Waals surface area contributed by atoms with E-state index in [1.54, 1.807) is 11.8 Å². The van der Waals surface area contributed by atoms with E-state index in [1.807, 2.05) is 55.5 Å². The molecule has 0 bridgehead atoms. The average Bonchev–Trinajstić information content (AvgIpc) is 2.73. The molecule has 0 saturated carbocycles. The Morgan fingerprint density at radius 1 is 1.13 bits per heavy atom. The Morgan fingerprint density at radius 3 is 2.39 bits per heavy atom. The monoisotopic (exact) mass is 488 g/mol. The Hall–Kier alpha value is -2.34. The fraction of sp³-hybridized carbons (Fsp3) is 0.440. The molecular weight excluding hydrogens is 456 g/mol. The van der Waals surface area contributed by atoms with Crippen LogP contribution in [0.5, 0.6) is 5.75 Å².